The zero-order chi connectivity index (χ0) is 23.0. The molecule has 3 aromatic carbocycles. The van der Waals surface area contributed by atoms with Crippen LogP contribution in [-0.4, -0.2) is 42.9 Å². The summed E-state index contributed by atoms with van der Waals surface area (Å²) in [5.41, 5.74) is 2.43. The summed E-state index contributed by atoms with van der Waals surface area (Å²) in [5.74, 6) is -0.410. The lowest BCUT2D eigenvalue weighted by molar-refractivity contribution is -0.113. The number of carbonyl (C=O) groups is 2. The number of rotatable bonds is 8. The molecule has 0 fully saturated rings. The molecule has 10 heteroatoms. The van der Waals surface area contributed by atoms with Gasteiger partial charge in [-0.05, 0) is 52.4 Å². The van der Waals surface area contributed by atoms with E-state index in [0.29, 0.717) is 28.6 Å². The Hall–Kier alpha value is -4.18. The van der Waals surface area contributed by atoms with Crippen molar-refractivity contribution in [3.05, 3.63) is 90.0 Å². The molecule has 166 valence electrons. The van der Waals surface area contributed by atoms with E-state index in [0.717, 1.165) is 17.3 Å². The molecule has 1 heterocycles. The van der Waals surface area contributed by atoms with Crippen molar-refractivity contribution >= 4 is 29.3 Å². The fourth-order valence-corrected chi connectivity index (χ4v) is 3.70. The van der Waals surface area contributed by atoms with Crippen LogP contribution in [0.3, 0.4) is 0 Å². The number of carbonyl (C=O) groups excluding carboxylic acids is 2. The number of nitrogens with one attached hydrogen (secondary N) is 2. The van der Waals surface area contributed by atoms with Gasteiger partial charge in [0.05, 0.1) is 22.7 Å². The van der Waals surface area contributed by atoms with Gasteiger partial charge in [0, 0.05) is 6.54 Å². The van der Waals surface area contributed by atoms with Crippen molar-refractivity contribution in [1.82, 2.24) is 25.5 Å². The van der Waals surface area contributed by atoms with Crippen molar-refractivity contribution in [2.75, 3.05) is 11.1 Å². The Kier molecular flexibility index (Phi) is 6.96. The van der Waals surface area contributed by atoms with Crippen LogP contribution >= 0.6 is 11.8 Å². The molecule has 9 nitrogen and oxygen atoms in total. The SMILES string of the molecule is O=C(CSc1nnnn1-c1ccc(O)cc1)Nc1ccccc1C(=O)NCc1ccccc1. The number of aromatic hydroxyl groups is 1. The maximum atomic E-state index is 12.7. The average molecular weight is 461 g/mol. The standard InChI is InChI=1S/C23H20N6O3S/c30-18-12-10-17(11-13-18)29-23(26-27-28-29)33-15-21(31)25-20-9-5-4-8-19(20)22(32)24-14-16-6-2-1-3-7-16/h1-13,30H,14-15H2,(H,24,32)(H,25,31). The number of amides is 2. The largest absolute Gasteiger partial charge is 0.508 e. The third-order valence-corrected chi connectivity index (χ3v) is 5.53. The fraction of sp³-hybridized carbons (Fsp3) is 0.0870. The van der Waals surface area contributed by atoms with Crippen LogP contribution < -0.4 is 10.6 Å². The number of tetrazole rings is 1. The van der Waals surface area contributed by atoms with Crippen LogP contribution in [0, 0.1) is 0 Å². The molecule has 0 atom stereocenters. The Balaban J connectivity index is 1.37. The monoisotopic (exact) mass is 460 g/mol. The molecule has 0 saturated carbocycles. The fourth-order valence-electron chi connectivity index (χ4n) is 3.00. The molecule has 0 spiro atoms. The van der Waals surface area contributed by atoms with E-state index in [1.54, 1.807) is 36.4 Å². The summed E-state index contributed by atoms with van der Waals surface area (Å²) < 4.78 is 1.47. The number of phenols is 1. The maximum absolute atomic E-state index is 12.7. The van der Waals surface area contributed by atoms with E-state index in [2.05, 4.69) is 26.2 Å². The highest BCUT2D eigenvalue weighted by atomic mass is 32.2. The number of thioether (sulfide) groups is 1. The lowest BCUT2D eigenvalue weighted by Crippen LogP contribution is -2.25. The van der Waals surface area contributed by atoms with Crippen molar-refractivity contribution < 1.29 is 14.7 Å². The van der Waals surface area contributed by atoms with E-state index >= 15 is 0 Å². The number of hydrogen-bond acceptors (Lipinski definition) is 7. The van der Waals surface area contributed by atoms with Gasteiger partial charge >= 0.3 is 0 Å². The summed E-state index contributed by atoms with van der Waals surface area (Å²) in [4.78, 5) is 25.3. The molecule has 0 bridgehead atoms. The zero-order valence-corrected chi connectivity index (χ0v) is 18.2. The lowest BCUT2D eigenvalue weighted by Gasteiger charge is -2.11. The third-order valence-electron chi connectivity index (χ3n) is 4.61. The summed E-state index contributed by atoms with van der Waals surface area (Å²) in [7, 11) is 0. The molecular formula is C23H20N6O3S. The van der Waals surface area contributed by atoms with Crippen LogP contribution in [0.1, 0.15) is 15.9 Å². The smallest absolute Gasteiger partial charge is 0.253 e. The van der Waals surface area contributed by atoms with E-state index in [1.807, 2.05) is 30.3 Å². The summed E-state index contributed by atoms with van der Waals surface area (Å²) in [6, 6.07) is 22.8. The first-order valence-corrected chi connectivity index (χ1v) is 11.0. The van der Waals surface area contributed by atoms with Crippen molar-refractivity contribution in [1.29, 1.82) is 0 Å². The van der Waals surface area contributed by atoms with Crippen LogP contribution in [0.2, 0.25) is 0 Å². The zero-order valence-electron chi connectivity index (χ0n) is 17.4. The summed E-state index contributed by atoms with van der Waals surface area (Å²) >= 11 is 1.15. The molecule has 3 N–H and O–H groups in total. The molecule has 2 amide bonds. The molecule has 0 saturated heterocycles. The maximum Gasteiger partial charge on any atom is 0.253 e. The van der Waals surface area contributed by atoms with E-state index in [1.165, 1.54) is 16.8 Å². The Labute approximate surface area is 193 Å². The van der Waals surface area contributed by atoms with Gasteiger partial charge in [-0.15, -0.1) is 5.10 Å². The van der Waals surface area contributed by atoms with Crippen molar-refractivity contribution in [3.63, 3.8) is 0 Å². The van der Waals surface area contributed by atoms with Gasteiger partial charge in [0.25, 0.3) is 5.91 Å². The molecule has 0 aliphatic rings. The van der Waals surface area contributed by atoms with Crippen molar-refractivity contribution in [2.24, 2.45) is 0 Å². The highest BCUT2D eigenvalue weighted by Crippen LogP contribution is 2.21. The Bertz CT molecular complexity index is 1240. The van der Waals surface area contributed by atoms with Gasteiger partial charge in [0.1, 0.15) is 5.75 Å². The third kappa shape index (κ3) is 5.74. The molecule has 0 radical (unpaired) electrons. The first kappa shape index (κ1) is 22.0. The van der Waals surface area contributed by atoms with E-state index < -0.39 is 0 Å². The van der Waals surface area contributed by atoms with Crippen LogP contribution in [0.4, 0.5) is 5.69 Å². The molecular weight excluding hydrogens is 440 g/mol. The molecule has 0 aliphatic heterocycles. The van der Waals surface area contributed by atoms with E-state index in [9.17, 15) is 14.7 Å². The number of para-hydroxylation sites is 1. The van der Waals surface area contributed by atoms with Crippen molar-refractivity contribution in [2.45, 2.75) is 11.7 Å². The summed E-state index contributed by atoms with van der Waals surface area (Å²) in [6.07, 6.45) is 0. The van der Waals surface area contributed by atoms with Gasteiger partial charge in [0.2, 0.25) is 11.1 Å². The normalized spacial score (nSPS) is 10.5. The summed E-state index contributed by atoms with van der Waals surface area (Å²) in [5, 5.41) is 27.1. The quantitative estimate of drug-likeness (QED) is 0.346. The number of nitrogens with zero attached hydrogens (tertiary/aromatic N) is 4. The number of hydrogen-bond donors (Lipinski definition) is 3. The van der Waals surface area contributed by atoms with Gasteiger partial charge in [-0.25, -0.2) is 0 Å². The van der Waals surface area contributed by atoms with Crippen LogP contribution in [-0.2, 0) is 11.3 Å². The molecule has 0 unspecified atom stereocenters. The van der Waals surface area contributed by atoms with E-state index in [4.69, 9.17) is 0 Å². The predicted octanol–water partition coefficient (Wildman–Crippen LogP) is 3.03. The molecule has 0 aliphatic carbocycles. The predicted molar refractivity (Wildman–Crippen MR) is 124 cm³/mol. The molecule has 4 rings (SSSR count). The van der Waals surface area contributed by atoms with Gasteiger partial charge in [-0.3, -0.25) is 9.59 Å². The minimum atomic E-state index is -0.302. The highest BCUT2D eigenvalue weighted by Gasteiger charge is 2.15. The van der Waals surface area contributed by atoms with Gasteiger partial charge in [-0.2, -0.15) is 4.68 Å². The van der Waals surface area contributed by atoms with Gasteiger partial charge < -0.3 is 15.7 Å². The molecule has 33 heavy (non-hydrogen) atoms. The van der Waals surface area contributed by atoms with Crippen molar-refractivity contribution in [3.8, 4) is 11.4 Å². The van der Waals surface area contributed by atoms with Crippen LogP contribution in [0.25, 0.3) is 5.69 Å². The minimum Gasteiger partial charge on any atom is -0.508 e. The number of anilines is 1. The number of phenolic OH excluding ortho intramolecular Hbond substituents is 1. The molecule has 1 aromatic heterocycles. The van der Waals surface area contributed by atoms with Crippen LogP contribution in [0.15, 0.2) is 84.0 Å². The average Bonchev–Trinajstić information content (AvgIpc) is 3.31. The Morgan fingerprint density at radius 2 is 1.67 bits per heavy atom. The van der Waals surface area contributed by atoms with Gasteiger partial charge in [0.15, 0.2) is 0 Å². The lowest BCUT2D eigenvalue weighted by atomic mass is 10.1. The highest BCUT2D eigenvalue weighted by molar-refractivity contribution is 7.99. The summed E-state index contributed by atoms with van der Waals surface area (Å²) in [6.45, 7) is 0.387. The second-order valence-corrected chi connectivity index (χ2v) is 7.88. The second-order valence-electron chi connectivity index (χ2n) is 6.94. The first-order chi connectivity index (χ1) is 16.1. The van der Waals surface area contributed by atoms with E-state index in [-0.39, 0.29) is 23.3 Å². The molecule has 4 aromatic rings. The van der Waals surface area contributed by atoms with Crippen LogP contribution in [0.5, 0.6) is 5.75 Å². The topological polar surface area (TPSA) is 122 Å². The van der Waals surface area contributed by atoms with Gasteiger partial charge in [-0.1, -0.05) is 54.2 Å². The number of benzene rings is 3. The minimum absolute atomic E-state index is 0.0401. The Morgan fingerprint density at radius 1 is 0.939 bits per heavy atom. The Morgan fingerprint density at radius 3 is 2.45 bits per heavy atom. The second kappa shape index (κ2) is 10.4. The first-order valence-electron chi connectivity index (χ1n) is 10.0. The number of aromatic nitrogens is 4.